The molecule has 1 aliphatic carbocycles. The van der Waals surface area contributed by atoms with Gasteiger partial charge in [0.05, 0.1) is 5.69 Å². The van der Waals surface area contributed by atoms with E-state index in [2.05, 4.69) is 22.7 Å². The number of halogens is 1. The predicted octanol–water partition coefficient (Wildman–Crippen LogP) is 1.88. The van der Waals surface area contributed by atoms with Gasteiger partial charge in [0.25, 0.3) is 5.91 Å². The minimum atomic E-state index is -0.866. The maximum Gasteiger partial charge on any atom is 0.257 e. The zero-order valence-corrected chi connectivity index (χ0v) is 18.1. The van der Waals surface area contributed by atoms with Crippen molar-refractivity contribution in [1.29, 1.82) is 0 Å². The lowest BCUT2D eigenvalue weighted by molar-refractivity contribution is -0.136. The van der Waals surface area contributed by atoms with Crippen LogP contribution in [0.2, 0.25) is 5.02 Å². The number of benzene rings is 1. The largest absolute Gasteiger partial charge is 0.506 e. The summed E-state index contributed by atoms with van der Waals surface area (Å²) in [5.41, 5.74) is 1.41. The van der Waals surface area contributed by atoms with Crippen molar-refractivity contribution in [3.8, 4) is 18.1 Å². The fraction of sp³-hybridized carbons (Fsp3) is 0.478. The number of hydrogen-bond acceptors (Lipinski definition) is 5. The van der Waals surface area contributed by atoms with Crippen molar-refractivity contribution in [3.05, 3.63) is 35.4 Å². The highest BCUT2D eigenvalue weighted by molar-refractivity contribution is 6.31. The van der Waals surface area contributed by atoms with Crippen LogP contribution in [0.15, 0.2) is 24.8 Å². The number of carbonyl (C=O) groups excluding carboxylic acids is 2. The fourth-order valence-electron chi connectivity index (χ4n) is 4.22. The second-order valence-electron chi connectivity index (χ2n) is 8.37. The quantitative estimate of drug-likeness (QED) is 0.399. The molecule has 2 amide bonds. The van der Waals surface area contributed by atoms with E-state index in [1.807, 2.05) is 0 Å². The van der Waals surface area contributed by atoms with E-state index in [0.717, 1.165) is 31.5 Å². The molecule has 1 atom stereocenters. The first-order valence-corrected chi connectivity index (χ1v) is 11.0. The van der Waals surface area contributed by atoms with Gasteiger partial charge in [-0.25, -0.2) is 0 Å². The normalized spacial score (nSPS) is 20.5. The van der Waals surface area contributed by atoms with Gasteiger partial charge < -0.3 is 20.2 Å². The summed E-state index contributed by atoms with van der Waals surface area (Å²) in [5, 5.41) is 13.8. The maximum absolute atomic E-state index is 13.0. The molecule has 0 aromatic heterocycles. The minimum Gasteiger partial charge on any atom is -0.506 e. The Morgan fingerprint density at radius 2 is 1.90 bits per heavy atom. The molecule has 2 N–H and O–H groups in total. The summed E-state index contributed by atoms with van der Waals surface area (Å²) in [4.78, 5) is 30.5. The number of nitrogens with zero attached hydrogens (tertiary/aromatic N) is 3. The van der Waals surface area contributed by atoms with Crippen LogP contribution in [0.1, 0.15) is 24.3 Å². The van der Waals surface area contributed by atoms with Crippen LogP contribution in [0.25, 0.3) is 0 Å². The molecule has 0 spiro atoms. The van der Waals surface area contributed by atoms with Crippen molar-refractivity contribution in [2.24, 2.45) is 0 Å². The summed E-state index contributed by atoms with van der Waals surface area (Å²) in [6.45, 7) is 7.54. The number of hydrogen-bond donors (Lipinski definition) is 2. The average molecular weight is 443 g/mol. The van der Waals surface area contributed by atoms with Crippen LogP contribution in [0, 0.1) is 12.3 Å². The van der Waals surface area contributed by atoms with Crippen LogP contribution in [-0.2, 0) is 9.59 Å². The van der Waals surface area contributed by atoms with Gasteiger partial charge in [0, 0.05) is 56.4 Å². The van der Waals surface area contributed by atoms with E-state index in [0.29, 0.717) is 48.8 Å². The highest BCUT2D eigenvalue weighted by atomic mass is 35.5. The number of terminal acetylenes is 1. The first-order valence-electron chi connectivity index (χ1n) is 10.6. The molecule has 3 fully saturated rings. The summed E-state index contributed by atoms with van der Waals surface area (Å²) in [6, 6.07) is 2.77. The summed E-state index contributed by atoms with van der Waals surface area (Å²) >= 11 is 6.25. The topological polar surface area (TPSA) is 76.1 Å². The third-order valence-electron chi connectivity index (χ3n) is 6.34. The lowest BCUT2D eigenvalue weighted by Gasteiger charge is -2.48. The molecular formula is C23H27ClN4O3. The van der Waals surface area contributed by atoms with E-state index in [1.54, 1.807) is 15.9 Å². The molecule has 7 nitrogen and oxygen atoms in total. The molecule has 1 aromatic carbocycles. The molecule has 31 heavy (non-hydrogen) atoms. The summed E-state index contributed by atoms with van der Waals surface area (Å²) in [5.74, 6) is 2.69. The Morgan fingerprint density at radius 1 is 1.23 bits per heavy atom. The number of carbonyl (C=O) groups is 2. The molecule has 4 rings (SSSR count). The Morgan fingerprint density at radius 3 is 2.48 bits per heavy atom. The number of anilines is 1. The predicted molar refractivity (Wildman–Crippen MR) is 120 cm³/mol. The third-order valence-corrected chi connectivity index (χ3v) is 6.66. The summed E-state index contributed by atoms with van der Waals surface area (Å²) in [6.07, 6.45) is 9.15. The molecule has 3 aliphatic rings. The van der Waals surface area contributed by atoms with Gasteiger partial charge in [-0.2, -0.15) is 0 Å². The number of phenolic OH excluding ortho intramolecular Hbond substituents is 1. The van der Waals surface area contributed by atoms with Crippen molar-refractivity contribution in [3.63, 3.8) is 0 Å². The molecule has 2 aliphatic heterocycles. The Balaban J connectivity index is 1.33. The van der Waals surface area contributed by atoms with Gasteiger partial charge in [-0.1, -0.05) is 24.1 Å². The number of phenols is 1. The van der Waals surface area contributed by atoms with E-state index >= 15 is 0 Å². The van der Waals surface area contributed by atoms with Gasteiger partial charge >= 0.3 is 0 Å². The van der Waals surface area contributed by atoms with E-state index in [4.69, 9.17) is 18.0 Å². The van der Waals surface area contributed by atoms with Crippen LogP contribution in [0.5, 0.6) is 5.75 Å². The Kier molecular flexibility index (Phi) is 6.12. The van der Waals surface area contributed by atoms with Crippen LogP contribution in [0.3, 0.4) is 0 Å². The highest BCUT2D eigenvalue weighted by Crippen LogP contribution is 2.46. The van der Waals surface area contributed by atoms with Crippen molar-refractivity contribution in [2.45, 2.75) is 30.8 Å². The van der Waals surface area contributed by atoms with Gasteiger partial charge in [-0.05, 0) is 36.5 Å². The maximum atomic E-state index is 13.0. The summed E-state index contributed by atoms with van der Waals surface area (Å²) in [7, 11) is 0. The second kappa shape index (κ2) is 8.81. The molecule has 164 valence electrons. The van der Waals surface area contributed by atoms with E-state index in [-0.39, 0.29) is 17.6 Å². The Hall–Kier alpha value is -2.69. The summed E-state index contributed by atoms with van der Waals surface area (Å²) < 4.78 is 0. The van der Waals surface area contributed by atoms with E-state index < -0.39 is 6.04 Å². The van der Waals surface area contributed by atoms with Crippen LogP contribution in [-0.4, -0.2) is 83.0 Å². The molecule has 0 radical (unpaired) electrons. The molecule has 8 heteroatoms. The van der Waals surface area contributed by atoms with Crippen molar-refractivity contribution < 1.29 is 14.7 Å². The zero-order chi connectivity index (χ0) is 22.1. The lowest BCUT2D eigenvalue weighted by atomic mass is 10.1. The molecule has 1 aromatic rings. The highest BCUT2D eigenvalue weighted by Gasteiger charge is 2.36. The monoisotopic (exact) mass is 442 g/mol. The van der Waals surface area contributed by atoms with Gasteiger partial charge in [-0.15, -0.1) is 6.42 Å². The van der Waals surface area contributed by atoms with Crippen molar-refractivity contribution >= 4 is 29.1 Å². The first kappa shape index (κ1) is 21.5. The molecule has 0 unspecified atom stereocenters. The number of nitrogens with one attached hydrogen (secondary N) is 1. The van der Waals surface area contributed by atoms with Gasteiger partial charge in [0.1, 0.15) is 5.75 Å². The number of likely N-dealkylation sites (tertiary alicyclic amines) is 1. The molecule has 2 saturated heterocycles. The fourth-order valence-corrected chi connectivity index (χ4v) is 4.53. The smallest absolute Gasteiger partial charge is 0.257 e. The standard InChI is InChI=1S/C23H27ClN4O3/c1-3-19(25-20-11-17(15-5-6-15)18(24)12-21(20)29)23(31)27-9-7-26(8-10-27)16-13-28(14-16)22(30)4-2/h1,4,11-12,15-16,19,25,29H,2,5-10,13-14H2/t19-/m0/s1. The second-order valence-corrected chi connectivity index (χ2v) is 8.78. The Labute approximate surface area is 187 Å². The first-order chi connectivity index (χ1) is 14.9. The molecule has 1 saturated carbocycles. The molecule has 0 bridgehead atoms. The number of rotatable bonds is 6. The number of amides is 2. The average Bonchev–Trinajstić information content (AvgIpc) is 3.57. The molecular weight excluding hydrogens is 416 g/mol. The minimum absolute atomic E-state index is 0.0177. The van der Waals surface area contributed by atoms with Gasteiger partial charge in [0.15, 0.2) is 6.04 Å². The Bertz CT molecular complexity index is 925. The van der Waals surface area contributed by atoms with E-state index in [1.165, 1.54) is 12.1 Å². The third kappa shape index (κ3) is 4.51. The number of piperazine rings is 1. The van der Waals surface area contributed by atoms with Crippen LogP contribution >= 0.6 is 11.6 Å². The van der Waals surface area contributed by atoms with Crippen LogP contribution < -0.4 is 5.32 Å². The van der Waals surface area contributed by atoms with Crippen LogP contribution in [0.4, 0.5) is 5.69 Å². The number of aromatic hydroxyl groups is 1. The van der Waals surface area contributed by atoms with Crippen molar-refractivity contribution in [2.75, 3.05) is 44.6 Å². The lowest BCUT2D eigenvalue weighted by Crippen LogP contribution is -2.64. The van der Waals surface area contributed by atoms with Crippen molar-refractivity contribution in [1.82, 2.24) is 14.7 Å². The zero-order valence-electron chi connectivity index (χ0n) is 17.4. The van der Waals surface area contributed by atoms with Gasteiger partial charge in [0.2, 0.25) is 5.91 Å². The van der Waals surface area contributed by atoms with Gasteiger partial charge in [-0.3, -0.25) is 14.5 Å². The SMILES string of the molecule is C#C[C@H](Nc1cc(C2CC2)c(Cl)cc1O)C(=O)N1CCN(C2CN(C(=O)C=C)C2)CC1. The van der Waals surface area contributed by atoms with E-state index in [9.17, 15) is 14.7 Å². The molecule has 2 heterocycles.